The molecule has 0 aliphatic rings. The van der Waals surface area contributed by atoms with E-state index in [1.165, 1.54) is 6.20 Å². The molecular weight excluding hydrogens is 389 g/mol. The Labute approximate surface area is 162 Å². The van der Waals surface area contributed by atoms with Crippen LogP contribution in [0.1, 0.15) is 24.0 Å². The van der Waals surface area contributed by atoms with Crippen LogP contribution in [0, 0.1) is 13.8 Å². The van der Waals surface area contributed by atoms with E-state index in [2.05, 4.69) is 20.1 Å². The minimum Gasteiger partial charge on any atom is -0.324 e. The van der Waals surface area contributed by atoms with Gasteiger partial charge < -0.3 is 4.57 Å². The van der Waals surface area contributed by atoms with Crippen LogP contribution < -0.4 is 0 Å². The van der Waals surface area contributed by atoms with Gasteiger partial charge in [0, 0.05) is 18.4 Å². The van der Waals surface area contributed by atoms with Crippen LogP contribution in [0.15, 0.2) is 23.2 Å². The van der Waals surface area contributed by atoms with Crippen molar-refractivity contribution in [1.29, 1.82) is 0 Å². The average Bonchev–Trinajstić information content (AvgIpc) is 3.13. The Kier molecular flexibility index (Phi) is 4.33. The Morgan fingerprint density at radius 3 is 2.57 bits per heavy atom. The van der Waals surface area contributed by atoms with Crippen molar-refractivity contribution < 1.29 is 13.2 Å². The van der Waals surface area contributed by atoms with E-state index in [0.717, 1.165) is 33.7 Å². The lowest BCUT2D eigenvalue weighted by Crippen LogP contribution is -2.07. The van der Waals surface area contributed by atoms with Crippen LogP contribution in [0.2, 0.25) is 0 Å². The lowest BCUT2D eigenvalue weighted by molar-refractivity contribution is -0.141. The highest BCUT2D eigenvalue weighted by Crippen LogP contribution is 2.36. The molecule has 0 atom stereocenters. The van der Waals surface area contributed by atoms with Gasteiger partial charge >= 0.3 is 6.18 Å². The second-order valence-corrected chi connectivity index (χ2v) is 7.71. The van der Waals surface area contributed by atoms with Crippen molar-refractivity contribution >= 4 is 28.4 Å². The van der Waals surface area contributed by atoms with Gasteiger partial charge in [-0.1, -0.05) is 6.92 Å². The average molecular weight is 406 g/mol. The zero-order valence-corrected chi connectivity index (χ0v) is 16.5. The van der Waals surface area contributed by atoms with Crippen LogP contribution in [0.4, 0.5) is 13.2 Å². The quantitative estimate of drug-likeness (QED) is 0.471. The van der Waals surface area contributed by atoms with Crippen molar-refractivity contribution in [3.05, 3.63) is 35.4 Å². The fourth-order valence-corrected chi connectivity index (χ4v) is 4.00. The van der Waals surface area contributed by atoms with Gasteiger partial charge in [-0.2, -0.15) is 18.3 Å². The number of halogens is 3. The summed E-state index contributed by atoms with van der Waals surface area (Å²) in [6.45, 7) is 5.88. The van der Waals surface area contributed by atoms with E-state index < -0.39 is 11.9 Å². The molecular formula is C18H17F3N6S. The second-order valence-electron chi connectivity index (χ2n) is 6.44. The van der Waals surface area contributed by atoms with Crippen LogP contribution in [-0.2, 0) is 13.2 Å². The highest BCUT2D eigenvalue weighted by molar-refractivity contribution is 7.99. The van der Waals surface area contributed by atoms with E-state index in [1.54, 1.807) is 27.9 Å². The molecule has 146 valence electrons. The summed E-state index contributed by atoms with van der Waals surface area (Å²) in [5.41, 5.74) is 2.89. The van der Waals surface area contributed by atoms with Gasteiger partial charge in [0.15, 0.2) is 11.5 Å². The van der Waals surface area contributed by atoms with Gasteiger partial charge in [-0.05, 0) is 31.7 Å². The Morgan fingerprint density at radius 1 is 1.14 bits per heavy atom. The van der Waals surface area contributed by atoms with Crippen molar-refractivity contribution in [3.8, 4) is 11.5 Å². The lowest BCUT2D eigenvalue weighted by atomic mass is 10.3. The number of rotatable bonds is 3. The van der Waals surface area contributed by atoms with Gasteiger partial charge in [0.05, 0.1) is 22.1 Å². The van der Waals surface area contributed by atoms with E-state index in [4.69, 9.17) is 0 Å². The standard InChI is InChI=1S/C18H17F3N6S/c1-5-28-15-14(25-27-10(3)6-9(2)23-17(15)27)16-24-11-7-13(18(19,20)21)22-8-12(11)26(16)4/h6-8H,5H2,1-4H3. The SMILES string of the molecule is CCSc1c(-c2nc3cc(C(F)(F)F)ncc3n2C)nn2c(C)cc(C)nc12. The minimum atomic E-state index is -4.52. The van der Waals surface area contributed by atoms with Gasteiger partial charge in [-0.15, -0.1) is 11.8 Å². The molecule has 0 unspecified atom stereocenters. The van der Waals surface area contributed by atoms with Gasteiger partial charge in [0.2, 0.25) is 0 Å². The molecule has 4 aromatic rings. The van der Waals surface area contributed by atoms with Gasteiger partial charge in [-0.25, -0.2) is 19.5 Å². The summed E-state index contributed by atoms with van der Waals surface area (Å²) in [5.74, 6) is 1.28. The summed E-state index contributed by atoms with van der Waals surface area (Å²) in [6, 6.07) is 2.90. The molecule has 28 heavy (non-hydrogen) atoms. The van der Waals surface area contributed by atoms with Gasteiger partial charge in [-0.3, -0.25) is 0 Å². The predicted molar refractivity (Wildman–Crippen MR) is 101 cm³/mol. The first-order valence-corrected chi connectivity index (χ1v) is 9.59. The topological polar surface area (TPSA) is 60.9 Å². The molecule has 4 heterocycles. The summed E-state index contributed by atoms with van der Waals surface area (Å²) in [7, 11) is 1.75. The predicted octanol–water partition coefficient (Wildman–Crippen LogP) is 4.43. The van der Waals surface area contributed by atoms with E-state index in [-0.39, 0.29) is 5.52 Å². The van der Waals surface area contributed by atoms with E-state index >= 15 is 0 Å². The van der Waals surface area contributed by atoms with Crippen molar-refractivity contribution in [1.82, 2.24) is 29.1 Å². The minimum absolute atomic E-state index is 0.227. The molecule has 0 spiro atoms. The first kappa shape index (κ1) is 18.7. The summed E-state index contributed by atoms with van der Waals surface area (Å²) in [6.07, 6.45) is -3.32. The van der Waals surface area contributed by atoms with Crippen molar-refractivity contribution in [3.63, 3.8) is 0 Å². The molecule has 0 radical (unpaired) electrons. The van der Waals surface area contributed by atoms with E-state index in [0.29, 0.717) is 17.0 Å². The number of nitrogens with zero attached hydrogens (tertiary/aromatic N) is 6. The van der Waals surface area contributed by atoms with Crippen molar-refractivity contribution in [2.75, 3.05) is 5.75 Å². The normalized spacial score (nSPS) is 12.4. The van der Waals surface area contributed by atoms with Gasteiger partial charge in [0.1, 0.15) is 11.4 Å². The molecule has 4 aromatic heterocycles. The highest BCUT2D eigenvalue weighted by atomic mass is 32.2. The number of alkyl halides is 3. The summed E-state index contributed by atoms with van der Waals surface area (Å²) in [5, 5.41) is 4.68. The Morgan fingerprint density at radius 2 is 1.89 bits per heavy atom. The largest absolute Gasteiger partial charge is 0.433 e. The Hall–Kier alpha value is -2.62. The molecule has 0 saturated carbocycles. The summed E-state index contributed by atoms with van der Waals surface area (Å²) < 4.78 is 42.5. The van der Waals surface area contributed by atoms with Crippen LogP contribution in [-0.4, -0.2) is 34.9 Å². The van der Waals surface area contributed by atoms with E-state index in [1.807, 2.05) is 26.8 Å². The molecule has 0 bridgehead atoms. The third-order valence-corrected chi connectivity index (χ3v) is 5.36. The second kappa shape index (κ2) is 6.47. The number of aryl methyl sites for hydroxylation is 3. The van der Waals surface area contributed by atoms with Crippen molar-refractivity contribution in [2.24, 2.45) is 7.05 Å². The highest BCUT2D eigenvalue weighted by Gasteiger charge is 2.33. The number of pyridine rings is 1. The van der Waals surface area contributed by atoms with E-state index in [9.17, 15) is 13.2 Å². The summed E-state index contributed by atoms with van der Waals surface area (Å²) in [4.78, 5) is 13.5. The molecule has 0 saturated heterocycles. The first-order valence-electron chi connectivity index (χ1n) is 8.60. The molecule has 0 N–H and O–H groups in total. The van der Waals surface area contributed by atoms with Gasteiger partial charge in [0.25, 0.3) is 0 Å². The molecule has 0 amide bonds. The Balaban J connectivity index is 1.99. The lowest BCUT2D eigenvalue weighted by Gasteiger charge is -2.04. The fraction of sp³-hybridized carbons (Fsp3) is 0.333. The monoisotopic (exact) mass is 406 g/mol. The summed E-state index contributed by atoms with van der Waals surface area (Å²) >= 11 is 1.58. The molecule has 6 nitrogen and oxygen atoms in total. The van der Waals surface area contributed by atoms with Crippen LogP contribution in [0.5, 0.6) is 0 Å². The van der Waals surface area contributed by atoms with Crippen molar-refractivity contribution in [2.45, 2.75) is 31.8 Å². The zero-order valence-electron chi connectivity index (χ0n) is 15.7. The van der Waals surface area contributed by atoms with Crippen LogP contribution in [0.3, 0.4) is 0 Å². The van der Waals surface area contributed by atoms with Crippen LogP contribution in [0.25, 0.3) is 28.2 Å². The number of aromatic nitrogens is 6. The molecule has 0 aromatic carbocycles. The third kappa shape index (κ3) is 2.92. The molecule has 0 fully saturated rings. The Bertz CT molecular complexity index is 1210. The third-order valence-electron chi connectivity index (χ3n) is 4.41. The molecule has 0 aliphatic heterocycles. The first-order chi connectivity index (χ1) is 13.2. The maximum absolute atomic E-state index is 13.0. The number of hydrogen-bond acceptors (Lipinski definition) is 5. The maximum Gasteiger partial charge on any atom is 0.433 e. The fourth-order valence-electron chi connectivity index (χ4n) is 3.18. The molecule has 4 rings (SSSR count). The zero-order chi connectivity index (χ0) is 20.2. The maximum atomic E-state index is 13.0. The molecule has 10 heteroatoms. The number of imidazole rings is 1. The van der Waals surface area contributed by atoms with Crippen LogP contribution >= 0.6 is 11.8 Å². The number of fused-ring (bicyclic) bond motifs is 2. The molecule has 0 aliphatic carbocycles. The smallest absolute Gasteiger partial charge is 0.324 e. The number of hydrogen-bond donors (Lipinski definition) is 0. The number of thioether (sulfide) groups is 1.